The minimum atomic E-state index is -0.384. The molecule has 1 heterocycles. The third kappa shape index (κ3) is 3.00. The van der Waals surface area contributed by atoms with Gasteiger partial charge in [0.15, 0.2) is 5.11 Å². The minimum absolute atomic E-state index is 0.0822. The SMILES string of the molecule is CCN1C(=O)C(=Cc2ccc(O)c(I)c2)C(=O)N(CC)C1=S. The second-order valence-corrected chi connectivity index (χ2v) is 6.18. The van der Waals surface area contributed by atoms with Gasteiger partial charge in [-0.05, 0) is 72.4 Å². The minimum Gasteiger partial charge on any atom is -0.507 e. The first-order chi connectivity index (χ1) is 10.4. The molecule has 0 saturated carbocycles. The fourth-order valence-electron chi connectivity index (χ4n) is 2.16. The van der Waals surface area contributed by atoms with E-state index in [2.05, 4.69) is 0 Å². The van der Waals surface area contributed by atoms with Crippen molar-refractivity contribution in [3.8, 4) is 5.75 Å². The summed E-state index contributed by atoms with van der Waals surface area (Å²) in [4.78, 5) is 27.8. The number of benzene rings is 1. The molecule has 2 amide bonds. The maximum Gasteiger partial charge on any atom is 0.265 e. The van der Waals surface area contributed by atoms with Gasteiger partial charge in [0.05, 0.1) is 3.57 Å². The van der Waals surface area contributed by atoms with Gasteiger partial charge >= 0.3 is 0 Å². The molecular weight excluding hydrogens is 415 g/mol. The standard InChI is InChI=1S/C15H15IN2O3S/c1-3-17-13(20)10(14(21)18(4-2)15(17)22)7-9-5-6-12(19)11(16)8-9/h5-8,19H,3-4H2,1-2H3. The van der Waals surface area contributed by atoms with Crippen LogP contribution in [0.5, 0.6) is 5.75 Å². The number of thiocarbonyl (C=S) groups is 1. The fourth-order valence-corrected chi connectivity index (χ4v) is 3.13. The number of amides is 2. The van der Waals surface area contributed by atoms with Gasteiger partial charge in [0.1, 0.15) is 11.3 Å². The van der Waals surface area contributed by atoms with Crippen LogP contribution < -0.4 is 0 Å². The lowest BCUT2D eigenvalue weighted by Gasteiger charge is -2.35. The first-order valence-corrected chi connectivity index (χ1v) is 8.27. The molecule has 7 heteroatoms. The molecule has 1 saturated heterocycles. The van der Waals surface area contributed by atoms with Crippen molar-refractivity contribution >= 4 is 57.8 Å². The molecule has 5 nitrogen and oxygen atoms in total. The van der Waals surface area contributed by atoms with Crippen LogP contribution in [-0.4, -0.2) is 44.9 Å². The third-order valence-electron chi connectivity index (χ3n) is 3.33. The van der Waals surface area contributed by atoms with Gasteiger partial charge in [-0.3, -0.25) is 19.4 Å². The first-order valence-electron chi connectivity index (χ1n) is 6.78. The average molecular weight is 430 g/mol. The van der Waals surface area contributed by atoms with Crippen molar-refractivity contribution in [2.24, 2.45) is 0 Å². The molecule has 0 spiro atoms. The van der Waals surface area contributed by atoms with E-state index in [1.165, 1.54) is 15.9 Å². The molecule has 1 N–H and O–H groups in total. The fraction of sp³-hybridized carbons (Fsp3) is 0.267. The monoisotopic (exact) mass is 430 g/mol. The van der Waals surface area contributed by atoms with E-state index in [1.807, 2.05) is 36.4 Å². The Hall–Kier alpha value is -1.48. The number of likely N-dealkylation sites (N-methyl/N-ethyl adjacent to an activating group) is 2. The summed E-state index contributed by atoms with van der Waals surface area (Å²) >= 11 is 7.20. The zero-order valence-corrected chi connectivity index (χ0v) is 15.1. The molecule has 1 aliphatic rings. The Balaban J connectivity index is 2.48. The number of hydrogen-bond donors (Lipinski definition) is 1. The molecule has 2 rings (SSSR count). The number of carbonyl (C=O) groups is 2. The highest BCUT2D eigenvalue weighted by molar-refractivity contribution is 14.1. The maximum atomic E-state index is 12.5. The van der Waals surface area contributed by atoms with Gasteiger partial charge in [0, 0.05) is 13.1 Å². The van der Waals surface area contributed by atoms with Crippen LogP contribution in [0.25, 0.3) is 6.08 Å². The van der Waals surface area contributed by atoms with Crippen LogP contribution in [-0.2, 0) is 9.59 Å². The zero-order chi connectivity index (χ0) is 16.4. The molecule has 0 atom stereocenters. The summed E-state index contributed by atoms with van der Waals surface area (Å²) in [7, 11) is 0. The van der Waals surface area contributed by atoms with Gasteiger partial charge in [-0.25, -0.2) is 0 Å². The normalized spacial score (nSPS) is 15.6. The van der Waals surface area contributed by atoms with Crippen LogP contribution >= 0.6 is 34.8 Å². The summed E-state index contributed by atoms with van der Waals surface area (Å²) in [6, 6.07) is 4.90. The molecular formula is C15H15IN2O3S. The van der Waals surface area contributed by atoms with Crippen LogP contribution in [0.4, 0.5) is 0 Å². The highest BCUT2D eigenvalue weighted by atomic mass is 127. The van der Waals surface area contributed by atoms with Crippen LogP contribution in [0.15, 0.2) is 23.8 Å². The highest BCUT2D eigenvalue weighted by Gasteiger charge is 2.37. The van der Waals surface area contributed by atoms with Crippen molar-refractivity contribution < 1.29 is 14.7 Å². The van der Waals surface area contributed by atoms with E-state index >= 15 is 0 Å². The number of rotatable bonds is 3. The molecule has 0 unspecified atom stereocenters. The summed E-state index contributed by atoms with van der Waals surface area (Å²) < 4.78 is 0.651. The largest absolute Gasteiger partial charge is 0.507 e. The van der Waals surface area contributed by atoms with Gasteiger partial charge in [-0.2, -0.15) is 0 Å². The lowest BCUT2D eigenvalue weighted by molar-refractivity contribution is -0.133. The third-order valence-corrected chi connectivity index (χ3v) is 4.63. The van der Waals surface area contributed by atoms with E-state index in [9.17, 15) is 14.7 Å². The van der Waals surface area contributed by atoms with Gasteiger partial charge in [-0.1, -0.05) is 6.07 Å². The molecule has 0 radical (unpaired) electrons. The quantitative estimate of drug-likeness (QED) is 0.346. The van der Waals surface area contributed by atoms with Gasteiger partial charge in [-0.15, -0.1) is 0 Å². The van der Waals surface area contributed by atoms with E-state index in [-0.39, 0.29) is 28.2 Å². The molecule has 1 aromatic rings. The van der Waals surface area contributed by atoms with Crippen molar-refractivity contribution in [3.05, 3.63) is 32.9 Å². The molecule has 1 fully saturated rings. The molecule has 1 aliphatic heterocycles. The lowest BCUT2D eigenvalue weighted by atomic mass is 10.1. The predicted octanol–water partition coefficient (Wildman–Crippen LogP) is 2.38. The Bertz CT molecular complexity index is 659. The van der Waals surface area contributed by atoms with E-state index in [1.54, 1.807) is 18.2 Å². The molecule has 116 valence electrons. The van der Waals surface area contributed by atoms with Gasteiger partial charge in [0.25, 0.3) is 11.8 Å². The summed E-state index contributed by atoms with van der Waals surface area (Å²) in [6.45, 7) is 4.45. The number of phenolic OH excluding ortho intramolecular Hbond substituents is 1. The van der Waals surface area contributed by atoms with Crippen molar-refractivity contribution in [3.63, 3.8) is 0 Å². The Labute approximate surface area is 147 Å². The van der Waals surface area contributed by atoms with Crippen molar-refractivity contribution in [2.75, 3.05) is 13.1 Å². The van der Waals surface area contributed by atoms with Crippen molar-refractivity contribution in [1.29, 1.82) is 0 Å². The Kier molecular flexibility index (Phi) is 5.17. The number of nitrogens with zero attached hydrogens (tertiary/aromatic N) is 2. The Morgan fingerprint density at radius 2 is 1.73 bits per heavy atom. The number of phenols is 1. The molecule has 1 aromatic carbocycles. The second-order valence-electron chi connectivity index (χ2n) is 4.65. The Morgan fingerprint density at radius 1 is 1.18 bits per heavy atom. The van der Waals surface area contributed by atoms with Crippen LogP contribution in [0.3, 0.4) is 0 Å². The molecule has 0 aliphatic carbocycles. The Morgan fingerprint density at radius 3 is 2.18 bits per heavy atom. The van der Waals surface area contributed by atoms with Crippen LogP contribution in [0.2, 0.25) is 0 Å². The van der Waals surface area contributed by atoms with E-state index in [0.29, 0.717) is 22.2 Å². The number of aromatic hydroxyl groups is 1. The number of hydrogen-bond acceptors (Lipinski definition) is 4. The lowest BCUT2D eigenvalue weighted by Crippen LogP contribution is -2.55. The van der Waals surface area contributed by atoms with Crippen molar-refractivity contribution in [1.82, 2.24) is 9.80 Å². The molecule has 0 bridgehead atoms. The van der Waals surface area contributed by atoms with E-state index < -0.39 is 0 Å². The number of carbonyl (C=O) groups excluding carboxylic acids is 2. The van der Waals surface area contributed by atoms with Crippen LogP contribution in [0.1, 0.15) is 19.4 Å². The van der Waals surface area contributed by atoms with Crippen molar-refractivity contribution in [2.45, 2.75) is 13.8 Å². The summed E-state index contributed by atoms with van der Waals surface area (Å²) in [5.41, 5.74) is 0.762. The van der Waals surface area contributed by atoms with E-state index in [4.69, 9.17) is 12.2 Å². The summed E-state index contributed by atoms with van der Waals surface area (Å²) in [5, 5.41) is 9.80. The van der Waals surface area contributed by atoms with E-state index in [0.717, 1.165) is 0 Å². The molecule has 0 aromatic heterocycles. The average Bonchev–Trinajstić information content (AvgIpc) is 2.48. The highest BCUT2D eigenvalue weighted by Crippen LogP contribution is 2.24. The maximum absolute atomic E-state index is 12.5. The van der Waals surface area contributed by atoms with Gasteiger partial charge in [0.2, 0.25) is 0 Å². The topological polar surface area (TPSA) is 60.9 Å². The predicted molar refractivity (Wildman–Crippen MR) is 96.2 cm³/mol. The number of halogens is 1. The summed E-state index contributed by atoms with van der Waals surface area (Å²) in [6.07, 6.45) is 1.54. The second kappa shape index (κ2) is 6.74. The first kappa shape index (κ1) is 16.9. The smallest absolute Gasteiger partial charge is 0.265 e. The zero-order valence-electron chi connectivity index (χ0n) is 12.2. The van der Waals surface area contributed by atoms with Gasteiger partial charge < -0.3 is 5.11 Å². The molecule has 22 heavy (non-hydrogen) atoms. The van der Waals surface area contributed by atoms with Crippen LogP contribution in [0, 0.1) is 3.57 Å². The summed E-state index contributed by atoms with van der Waals surface area (Å²) in [5.74, 6) is -0.605.